The van der Waals surface area contributed by atoms with Crippen molar-refractivity contribution in [3.8, 4) is 17.1 Å². The van der Waals surface area contributed by atoms with Gasteiger partial charge in [0, 0.05) is 11.6 Å². The number of para-hydroxylation sites is 2. The van der Waals surface area contributed by atoms with Crippen LogP contribution in [0, 0.1) is 0 Å². The third kappa shape index (κ3) is 2.69. The number of methoxy groups -OCH3 is 1. The summed E-state index contributed by atoms with van der Waals surface area (Å²) in [6, 6.07) is 16.7. The summed E-state index contributed by atoms with van der Waals surface area (Å²) in [5.41, 5.74) is 2.36. The van der Waals surface area contributed by atoms with Gasteiger partial charge in [0.25, 0.3) is 5.56 Å². The number of hydrogen-bond acceptors (Lipinski definition) is 5. The molecule has 28 heavy (non-hydrogen) atoms. The minimum atomic E-state index is -0.0980. The zero-order chi connectivity index (χ0) is 19.3. The molecular formula is C21H13ClN2O3S. The second kappa shape index (κ2) is 6.51. The molecule has 3 aromatic heterocycles. The van der Waals surface area contributed by atoms with Gasteiger partial charge in [0.1, 0.15) is 21.8 Å². The lowest BCUT2D eigenvalue weighted by atomic mass is 10.2. The molecule has 0 aliphatic heterocycles. The molecule has 5 aromatic rings. The van der Waals surface area contributed by atoms with Crippen LogP contribution < -0.4 is 14.8 Å². The Morgan fingerprint density at radius 1 is 1.18 bits per heavy atom. The molecule has 0 amide bonds. The summed E-state index contributed by atoms with van der Waals surface area (Å²) in [4.78, 5) is 18.0. The standard InChI is InChI=1S/C21H13ClN2O3S/c1-26-18-8-6-12(10-14(18)22)17-9-7-13(27-17)11-19-20(25)24-16-5-3-2-4-15(16)23-21(24)28-19/h2-11H,1H3/b19-11-. The number of rotatable bonds is 3. The van der Waals surface area contributed by atoms with Crippen molar-refractivity contribution in [3.05, 3.63) is 80.3 Å². The lowest BCUT2D eigenvalue weighted by Crippen LogP contribution is -2.22. The molecule has 0 spiro atoms. The number of benzene rings is 2. The van der Waals surface area contributed by atoms with Gasteiger partial charge in [-0.25, -0.2) is 9.38 Å². The Morgan fingerprint density at radius 2 is 2.04 bits per heavy atom. The predicted molar refractivity (Wildman–Crippen MR) is 111 cm³/mol. The number of thiazole rings is 1. The van der Waals surface area contributed by atoms with Gasteiger partial charge >= 0.3 is 0 Å². The van der Waals surface area contributed by atoms with Gasteiger partial charge in [0.2, 0.25) is 0 Å². The highest BCUT2D eigenvalue weighted by atomic mass is 35.5. The summed E-state index contributed by atoms with van der Waals surface area (Å²) in [5, 5.41) is 0.509. The van der Waals surface area contributed by atoms with Crippen LogP contribution in [0.5, 0.6) is 5.75 Å². The van der Waals surface area contributed by atoms with Crippen molar-refractivity contribution >= 4 is 45.0 Å². The Labute approximate surface area is 168 Å². The van der Waals surface area contributed by atoms with Crippen molar-refractivity contribution in [2.24, 2.45) is 0 Å². The lowest BCUT2D eigenvalue weighted by Gasteiger charge is -2.03. The van der Waals surface area contributed by atoms with E-state index in [1.165, 1.54) is 11.3 Å². The van der Waals surface area contributed by atoms with Gasteiger partial charge in [-0.1, -0.05) is 35.1 Å². The van der Waals surface area contributed by atoms with Gasteiger partial charge in [-0.15, -0.1) is 0 Å². The SMILES string of the molecule is COc1ccc(-c2ccc(/C=c3\sc4nc5ccccc5n4c3=O)o2)cc1Cl. The zero-order valence-electron chi connectivity index (χ0n) is 14.7. The largest absolute Gasteiger partial charge is 0.495 e. The molecule has 0 fully saturated rings. The number of nitrogens with zero attached hydrogens (tertiary/aromatic N) is 2. The maximum Gasteiger partial charge on any atom is 0.275 e. The van der Waals surface area contributed by atoms with Crippen molar-refractivity contribution in [2.45, 2.75) is 0 Å². The Balaban J connectivity index is 1.58. The van der Waals surface area contributed by atoms with Crippen LogP contribution in [0.2, 0.25) is 5.02 Å². The lowest BCUT2D eigenvalue weighted by molar-refractivity contribution is 0.415. The van der Waals surface area contributed by atoms with Crippen molar-refractivity contribution in [1.82, 2.24) is 9.38 Å². The molecule has 0 saturated heterocycles. The van der Waals surface area contributed by atoms with E-state index in [1.807, 2.05) is 42.5 Å². The molecule has 0 aliphatic carbocycles. The van der Waals surface area contributed by atoms with E-state index >= 15 is 0 Å². The molecule has 0 aliphatic rings. The minimum absolute atomic E-state index is 0.0980. The van der Waals surface area contributed by atoms with Gasteiger partial charge in [-0.2, -0.15) is 0 Å². The Kier molecular flexibility index (Phi) is 3.96. The summed E-state index contributed by atoms with van der Waals surface area (Å²) in [6.07, 6.45) is 1.74. The summed E-state index contributed by atoms with van der Waals surface area (Å²) < 4.78 is 13.3. The maximum absolute atomic E-state index is 12.8. The third-order valence-corrected chi connectivity index (χ3v) is 5.75. The van der Waals surface area contributed by atoms with Crippen LogP contribution in [0.15, 0.2) is 63.8 Å². The van der Waals surface area contributed by atoms with E-state index in [2.05, 4.69) is 4.98 Å². The van der Waals surface area contributed by atoms with Gasteiger partial charge in [-0.3, -0.25) is 4.79 Å². The number of imidazole rings is 1. The number of aromatic nitrogens is 2. The van der Waals surface area contributed by atoms with Crippen LogP contribution in [0.25, 0.3) is 33.4 Å². The number of ether oxygens (including phenoxy) is 1. The molecule has 3 heterocycles. The molecule has 0 atom stereocenters. The van der Waals surface area contributed by atoms with Crippen molar-refractivity contribution in [2.75, 3.05) is 7.11 Å². The van der Waals surface area contributed by atoms with Crippen LogP contribution in [-0.2, 0) is 0 Å². The highest BCUT2D eigenvalue weighted by molar-refractivity contribution is 7.15. The molecule has 2 aromatic carbocycles. The Hall–Kier alpha value is -3.09. The van der Waals surface area contributed by atoms with E-state index in [9.17, 15) is 4.79 Å². The fourth-order valence-electron chi connectivity index (χ4n) is 3.15. The van der Waals surface area contributed by atoms with Crippen molar-refractivity contribution in [3.63, 3.8) is 0 Å². The average Bonchev–Trinajstić information content (AvgIpc) is 3.38. The van der Waals surface area contributed by atoms with Gasteiger partial charge in [0.15, 0.2) is 4.96 Å². The molecule has 5 rings (SSSR count). The van der Waals surface area contributed by atoms with Crippen LogP contribution in [0.1, 0.15) is 5.76 Å². The molecule has 7 heteroatoms. The fraction of sp³-hybridized carbons (Fsp3) is 0.0476. The molecule has 138 valence electrons. The molecule has 0 saturated carbocycles. The van der Waals surface area contributed by atoms with Crippen molar-refractivity contribution in [1.29, 1.82) is 0 Å². The first-order valence-corrected chi connectivity index (χ1v) is 9.69. The first-order valence-electron chi connectivity index (χ1n) is 8.49. The molecule has 0 N–H and O–H groups in total. The number of hydrogen-bond donors (Lipinski definition) is 0. The van der Waals surface area contributed by atoms with Crippen molar-refractivity contribution < 1.29 is 9.15 Å². The van der Waals surface area contributed by atoms with Gasteiger partial charge in [-0.05, 0) is 42.5 Å². The molecule has 0 unspecified atom stereocenters. The second-order valence-electron chi connectivity index (χ2n) is 6.19. The van der Waals surface area contributed by atoms with E-state index in [1.54, 1.807) is 29.7 Å². The van der Waals surface area contributed by atoms with E-state index in [-0.39, 0.29) is 5.56 Å². The van der Waals surface area contributed by atoms with Crippen LogP contribution in [0.4, 0.5) is 0 Å². The highest BCUT2D eigenvalue weighted by Crippen LogP contribution is 2.31. The number of fused-ring (bicyclic) bond motifs is 3. The van der Waals surface area contributed by atoms with E-state index in [4.69, 9.17) is 20.8 Å². The van der Waals surface area contributed by atoms with Gasteiger partial charge < -0.3 is 9.15 Å². The van der Waals surface area contributed by atoms with Crippen LogP contribution in [-0.4, -0.2) is 16.5 Å². The second-order valence-corrected chi connectivity index (χ2v) is 7.60. The summed E-state index contributed by atoms with van der Waals surface area (Å²) >= 11 is 7.54. The third-order valence-electron chi connectivity index (χ3n) is 4.48. The van der Waals surface area contributed by atoms with Gasteiger partial charge in [0.05, 0.1) is 23.2 Å². The maximum atomic E-state index is 12.8. The monoisotopic (exact) mass is 408 g/mol. The molecule has 5 nitrogen and oxygen atoms in total. The summed E-state index contributed by atoms with van der Waals surface area (Å²) in [7, 11) is 1.57. The van der Waals surface area contributed by atoms with Crippen LogP contribution in [0.3, 0.4) is 0 Å². The van der Waals surface area contributed by atoms with E-state index in [0.717, 1.165) is 16.6 Å². The smallest absolute Gasteiger partial charge is 0.275 e. The summed E-state index contributed by atoms with van der Waals surface area (Å²) in [5.74, 6) is 1.86. The normalized spacial score (nSPS) is 12.3. The Morgan fingerprint density at radius 3 is 2.86 bits per heavy atom. The first kappa shape index (κ1) is 17.0. The quantitative estimate of drug-likeness (QED) is 0.444. The number of halogens is 1. The first-order chi connectivity index (χ1) is 13.6. The minimum Gasteiger partial charge on any atom is -0.495 e. The highest BCUT2D eigenvalue weighted by Gasteiger charge is 2.12. The van der Waals surface area contributed by atoms with Crippen LogP contribution >= 0.6 is 22.9 Å². The van der Waals surface area contributed by atoms with E-state index < -0.39 is 0 Å². The Bertz CT molecular complexity index is 1450. The number of furan rings is 1. The zero-order valence-corrected chi connectivity index (χ0v) is 16.3. The predicted octanol–water partition coefficient (Wildman–Crippen LogP) is 4.38. The average molecular weight is 409 g/mol. The molecule has 0 bridgehead atoms. The summed E-state index contributed by atoms with van der Waals surface area (Å²) in [6.45, 7) is 0. The molecule has 0 radical (unpaired) electrons. The molecular weight excluding hydrogens is 396 g/mol. The topological polar surface area (TPSA) is 56.7 Å². The van der Waals surface area contributed by atoms with E-state index in [0.29, 0.717) is 31.8 Å². The fourth-order valence-corrected chi connectivity index (χ4v) is 4.37.